The third-order valence-corrected chi connectivity index (χ3v) is 18.0. The minimum atomic E-state index is -4.94. The van der Waals surface area contributed by atoms with Crippen molar-refractivity contribution in [3.63, 3.8) is 0 Å². The highest BCUT2D eigenvalue weighted by Gasteiger charge is 2.53. The summed E-state index contributed by atoms with van der Waals surface area (Å²) in [6, 6.07) is 2.40. The van der Waals surface area contributed by atoms with E-state index in [-0.39, 0.29) is 31.0 Å². The van der Waals surface area contributed by atoms with Crippen LogP contribution in [0.1, 0.15) is 113 Å². The summed E-state index contributed by atoms with van der Waals surface area (Å²) in [7, 11) is 1.67. The fourth-order valence-electron chi connectivity index (χ4n) is 11.6. The summed E-state index contributed by atoms with van der Waals surface area (Å²) in [4.78, 5) is 31.0. The predicted octanol–water partition coefficient (Wildman–Crippen LogP) is 4.10. The molecule has 0 unspecified atom stereocenters. The number of nitrogens with zero attached hydrogens (tertiary/aromatic N) is 3. The van der Waals surface area contributed by atoms with Crippen LogP contribution in [0.3, 0.4) is 0 Å². The normalized spacial score (nSPS) is 38.2. The van der Waals surface area contributed by atoms with Crippen LogP contribution in [0.15, 0.2) is 41.1 Å². The third kappa shape index (κ3) is 15.5. The molecule has 6 N–H and O–H groups in total. The quantitative estimate of drug-likeness (QED) is 0.0950. The van der Waals surface area contributed by atoms with Gasteiger partial charge in [-0.3, -0.25) is 14.6 Å². The van der Waals surface area contributed by atoms with Gasteiger partial charge in [0.05, 0.1) is 34.7 Å². The molecule has 78 heavy (non-hydrogen) atoms. The Bertz CT molecular complexity index is 2290. The average Bonchev–Trinajstić information content (AvgIpc) is 3.83. The summed E-state index contributed by atoms with van der Waals surface area (Å²) in [6.45, 7) is 16.5. The van der Waals surface area contributed by atoms with Gasteiger partial charge in [-0.2, -0.15) is 13.2 Å². The number of cyclic esters (lactones) is 1. The van der Waals surface area contributed by atoms with Crippen molar-refractivity contribution in [2.75, 3.05) is 53.8 Å². The number of ether oxygens (including phenoxy) is 7. The summed E-state index contributed by atoms with van der Waals surface area (Å²) in [5.74, 6) is -5.45. The molecule has 0 saturated carbocycles. The first-order chi connectivity index (χ1) is 36.1. The summed E-state index contributed by atoms with van der Waals surface area (Å²) in [5.41, 5.74) is 1.95. The molecule has 0 radical (unpaired) electrons. The van der Waals surface area contributed by atoms with Crippen molar-refractivity contribution in [1.29, 1.82) is 0 Å². The molecule has 448 valence electrons. The molecule has 4 aliphatic rings. The van der Waals surface area contributed by atoms with Gasteiger partial charge in [-0.1, -0.05) is 32.9 Å². The Balaban J connectivity index is 1.41. The zero-order valence-corrected chi connectivity index (χ0v) is 48.3. The Morgan fingerprint density at radius 1 is 0.974 bits per heavy atom. The molecule has 0 amide bonds. The molecular formula is C53H87F4N5O15S. The summed E-state index contributed by atoms with van der Waals surface area (Å²) >= 11 is 0. The van der Waals surface area contributed by atoms with E-state index in [1.807, 2.05) is 30.7 Å². The topological polar surface area (TPSA) is 248 Å². The maximum Gasteiger partial charge on any atom is 0.403 e. The lowest BCUT2D eigenvalue weighted by Gasteiger charge is -2.48. The number of carbonyl (C=O) groups is 2. The van der Waals surface area contributed by atoms with Crippen LogP contribution in [-0.4, -0.2) is 206 Å². The van der Waals surface area contributed by atoms with Gasteiger partial charge in [0.1, 0.15) is 54.4 Å². The van der Waals surface area contributed by atoms with Crippen molar-refractivity contribution < 1.29 is 89.2 Å². The van der Waals surface area contributed by atoms with Crippen LogP contribution in [0.5, 0.6) is 0 Å². The van der Waals surface area contributed by atoms with Gasteiger partial charge < -0.3 is 68.8 Å². The number of halogens is 4. The number of aliphatic hydroxyl groups excluding tert-OH is 2. The summed E-state index contributed by atoms with van der Waals surface area (Å²) < 4.78 is 122. The molecular weight excluding hydrogens is 1050 g/mol. The first kappa shape index (κ1) is 65.7. The number of carbonyl (C=O) groups excluding carboxylic acids is 2. The number of likely N-dealkylation sites (N-methyl/N-ethyl adjacent to an activating group) is 2. The van der Waals surface area contributed by atoms with E-state index in [1.165, 1.54) is 38.3 Å². The lowest BCUT2D eigenvalue weighted by atomic mass is 9.77. The monoisotopic (exact) mass is 1140 g/mol. The number of nitrogens with one attached hydrogen (secondary N) is 2. The van der Waals surface area contributed by atoms with Crippen LogP contribution in [0, 0.1) is 17.8 Å². The molecule has 1 aromatic carbocycles. The SMILES string of the molecule is CC[C@H]1OC(=O)[C@H](C)[C@@H](O[C@H]2C[C@@](C)(OC)C(=O)[C@H](C)O2)[C@H](C)[C@@H](O[C@@H]2O[C@H](C)C[C@H](N(C)CCC3=CN([C@H](CF)[C@H](OC)c4ccc(S(=O)(=O)CC(F)(F)F)cc4)NN3)[C@H]2O)[C@](C)(O)C[C@@H](C)CN(C)[C@H](C)[C@@H](O)[C@]1(C)O. The number of esters is 1. The van der Waals surface area contributed by atoms with E-state index in [0.717, 1.165) is 12.1 Å². The minimum Gasteiger partial charge on any atom is -0.459 e. The van der Waals surface area contributed by atoms with Crippen molar-refractivity contribution in [3.05, 3.63) is 41.7 Å². The first-order valence-corrected chi connectivity index (χ1v) is 28.4. The highest BCUT2D eigenvalue weighted by Crippen LogP contribution is 2.40. The van der Waals surface area contributed by atoms with E-state index in [4.69, 9.17) is 33.2 Å². The lowest BCUT2D eigenvalue weighted by Crippen LogP contribution is -2.60. The van der Waals surface area contributed by atoms with E-state index < -0.39 is 147 Å². The zero-order valence-electron chi connectivity index (χ0n) is 47.5. The van der Waals surface area contributed by atoms with Gasteiger partial charge >= 0.3 is 12.1 Å². The molecule has 0 aliphatic carbocycles. The fraction of sp³-hybridized carbons (Fsp3) is 0.811. The standard InChI is InChI=1S/C53H87F4N5O15S/c1-15-40-52(10,68)45(64)33(6)61(12)26-29(2)23-50(8,67)47(31(4)43(32(5)48(66)75-40)76-41-24-51(9,72-14)46(65)34(7)74-41)77-49-42(63)38(22-30(3)73-49)60(11)21-20-36-27-62(59-58-36)39(25-54)44(71-13)35-16-18-37(19-17-35)78(69,70)28-53(55,56)57/h16-19,27,29-34,38-45,47,49,58-59,63-64,67-68H,15,20-26,28H2,1-14H3/t29-,30-,31+,32-,33-,34+,38+,39-,40-,41+,42-,43+,44-,45-,47-,49+,50-,51-,52-/m1/s1. The Morgan fingerprint density at radius 2 is 1.62 bits per heavy atom. The number of sulfone groups is 1. The Labute approximate surface area is 457 Å². The number of rotatable bonds is 17. The molecule has 0 aromatic heterocycles. The van der Waals surface area contributed by atoms with Gasteiger partial charge in [-0.05, 0) is 105 Å². The first-order valence-electron chi connectivity index (χ1n) is 26.8. The van der Waals surface area contributed by atoms with E-state index in [1.54, 1.807) is 61.7 Å². The highest BCUT2D eigenvalue weighted by molar-refractivity contribution is 7.91. The number of hydrogen-bond acceptors (Lipinski definition) is 20. The van der Waals surface area contributed by atoms with Crippen LogP contribution < -0.4 is 11.0 Å². The van der Waals surface area contributed by atoms with E-state index >= 15 is 0 Å². The molecule has 4 heterocycles. The van der Waals surface area contributed by atoms with Crippen LogP contribution in [-0.2, 0) is 52.6 Å². The van der Waals surface area contributed by atoms with Crippen LogP contribution >= 0.6 is 0 Å². The Kier molecular flexibility index (Phi) is 22.2. The zero-order chi connectivity index (χ0) is 58.6. The highest BCUT2D eigenvalue weighted by atomic mass is 32.2. The van der Waals surface area contributed by atoms with Gasteiger partial charge in [0.15, 0.2) is 34.0 Å². The average molecular weight is 1140 g/mol. The van der Waals surface area contributed by atoms with Crippen molar-refractivity contribution in [2.45, 2.75) is 209 Å². The van der Waals surface area contributed by atoms with Crippen molar-refractivity contribution in [3.8, 4) is 0 Å². The molecule has 19 atom stereocenters. The largest absolute Gasteiger partial charge is 0.459 e. The van der Waals surface area contributed by atoms with Crippen LogP contribution in [0.25, 0.3) is 0 Å². The third-order valence-electron chi connectivity index (χ3n) is 16.3. The number of alkyl halides is 4. The maximum atomic E-state index is 14.9. The summed E-state index contributed by atoms with van der Waals surface area (Å²) in [6.07, 6.45) is -13.5. The second-order valence-corrected chi connectivity index (χ2v) is 24.8. The molecule has 5 rings (SSSR count). The van der Waals surface area contributed by atoms with Crippen LogP contribution in [0.4, 0.5) is 17.6 Å². The molecule has 1 aromatic rings. The molecule has 3 fully saturated rings. The molecule has 0 bridgehead atoms. The minimum absolute atomic E-state index is 0.0521. The number of hydrogen-bond donors (Lipinski definition) is 6. The van der Waals surface area contributed by atoms with Gasteiger partial charge in [-0.25, -0.2) is 12.8 Å². The number of Topliss-reactive ketones (excluding diaryl/α,β-unsaturated/α-hetero) is 1. The number of benzene rings is 1. The van der Waals surface area contributed by atoms with Gasteiger partial charge in [0.2, 0.25) is 0 Å². The molecule has 20 nitrogen and oxygen atoms in total. The molecule has 3 saturated heterocycles. The van der Waals surface area contributed by atoms with Gasteiger partial charge in [0.25, 0.3) is 0 Å². The van der Waals surface area contributed by atoms with Crippen LogP contribution in [0.2, 0.25) is 0 Å². The summed E-state index contributed by atoms with van der Waals surface area (Å²) in [5, 5.41) is 50.1. The van der Waals surface area contributed by atoms with Gasteiger partial charge in [0, 0.05) is 70.0 Å². The van der Waals surface area contributed by atoms with Crippen molar-refractivity contribution in [1.82, 2.24) is 25.8 Å². The van der Waals surface area contributed by atoms with Gasteiger partial charge in [-0.15, -0.1) is 5.53 Å². The maximum absolute atomic E-state index is 14.9. The van der Waals surface area contributed by atoms with E-state index in [9.17, 15) is 56.0 Å². The lowest BCUT2D eigenvalue weighted by molar-refractivity contribution is -0.308. The fourth-order valence-corrected chi connectivity index (χ4v) is 12.8. The Hall–Kier alpha value is -3.15. The number of hydrazine groups is 2. The number of aliphatic hydroxyl groups is 4. The second-order valence-electron chi connectivity index (χ2n) is 22.8. The number of methoxy groups -OCH3 is 2. The smallest absolute Gasteiger partial charge is 0.403 e. The molecule has 0 spiro atoms. The van der Waals surface area contributed by atoms with Crippen molar-refractivity contribution >= 4 is 21.6 Å². The number of ketones is 1. The van der Waals surface area contributed by atoms with E-state index in [2.05, 4.69) is 11.0 Å². The molecule has 25 heteroatoms. The molecule has 4 aliphatic heterocycles. The van der Waals surface area contributed by atoms with Crippen molar-refractivity contribution in [2.24, 2.45) is 17.8 Å². The Morgan fingerprint density at radius 3 is 2.19 bits per heavy atom. The second kappa shape index (κ2) is 26.4. The predicted molar refractivity (Wildman–Crippen MR) is 277 cm³/mol. The van der Waals surface area contributed by atoms with E-state index in [0.29, 0.717) is 37.2 Å².